The van der Waals surface area contributed by atoms with Gasteiger partial charge in [0.05, 0.1) is 5.56 Å². The Balaban J connectivity index is 1.96. The van der Waals surface area contributed by atoms with Gasteiger partial charge < -0.3 is 5.32 Å². The number of aromatic nitrogens is 2. The highest BCUT2D eigenvalue weighted by molar-refractivity contribution is 5.97. The number of benzene rings is 1. The molecule has 6 heteroatoms. The van der Waals surface area contributed by atoms with E-state index in [1.54, 1.807) is 18.3 Å². The lowest BCUT2D eigenvalue weighted by molar-refractivity contribution is 0.0985. The van der Waals surface area contributed by atoms with Crippen LogP contribution in [-0.4, -0.2) is 16.1 Å². The standard InChI is InChI=1S/C11H9N5O/c17-11-8-4-2-1-3-7(8)10(15-16-11)13-9-5-6-12-14-9/h1-6,10H,(H2,12,13,14). The topological polar surface area (TPSA) is 82.5 Å². The SMILES string of the molecule is O=C1N=NC(Nc2cc[nH]n2)c2ccccc21. The Kier molecular flexibility index (Phi) is 2.18. The van der Waals surface area contributed by atoms with Crippen LogP contribution in [0.3, 0.4) is 0 Å². The average Bonchev–Trinajstić information content (AvgIpc) is 2.86. The molecule has 3 rings (SSSR count). The van der Waals surface area contributed by atoms with Crippen LogP contribution in [0.5, 0.6) is 0 Å². The van der Waals surface area contributed by atoms with Crippen molar-refractivity contribution in [2.45, 2.75) is 6.17 Å². The summed E-state index contributed by atoms with van der Waals surface area (Å²) >= 11 is 0. The summed E-state index contributed by atoms with van der Waals surface area (Å²) in [6.45, 7) is 0. The Hall–Kier alpha value is -2.50. The van der Waals surface area contributed by atoms with Gasteiger partial charge in [-0.1, -0.05) is 18.2 Å². The highest BCUT2D eigenvalue weighted by Gasteiger charge is 2.23. The minimum absolute atomic E-state index is 0.305. The third-order valence-electron chi connectivity index (χ3n) is 2.54. The molecular formula is C11H9N5O. The van der Waals surface area contributed by atoms with Crippen molar-refractivity contribution in [1.29, 1.82) is 0 Å². The summed E-state index contributed by atoms with van der Waals surface area (Å²) in [6.07, 6.45) is 1.34. The summed E-state index contributed by atoms with van der Waals surface area (Å²) in [6, 6.07) is 9.06. The molecule has 1 aromatic heterocycles. The number of fused-ring (bicyclic) bond motifs is 1. The van der Waals surface area contributed by atoms with E-state index in [9.17, 15) is 4.79 Å². The van der Waals surface area contributed by atoms with Crippen molar-refractivity contribution in [2.75, 3.05) is 5.32 Å². The van der Waals surface area contributed by atoms with E-state index in [4.69, 9.17) is 0 Å². The van der Waals surface area contributed by atoms with E-state index >= 15 is 0 Å². The van der Waals surface area contributed by atoms with E-state index in [1.807, 2.05) is 18.2 Å². The zero-order valence-corrected chi connectivity index (χ0v) is 8.79. The van der Waals surface area contributed by atoms with Crippen LogP contribution in [0.2, 0.25) is 0 Å². The second-order valence-corrected chi connectivity index (χ2v) is 3.61. The summed E-state index contributed by atoms with van der Waals surface area (Å²) in [5.41, 5.74) is 1.39. The summed E-state index contributed by atoms with van der Waals surface area (Å²) in [4.78, 5) is 11.5. The fourth-order valence-electron chi connectivity index (χ4n) is 1.74. The molecule has 0 saturated heterocycles. The van der Waals surface area contributed by atoms with Crippen LogP contribution in [0.25, 0.3) is 0 Å². The fraction of sp³-hybridized carbons (Fsp3) is 0.0909. The zero-order chi connectivity index (χ0) is 11.7. The first-order valence-electron chi connectivity index (χ1n) is 5.15. The minimum atomic E-state index is -0.368. The van der Waals surface area contributed by atoms with Gasteiger partial charge in [-0.05, 0) is 12.1 Å². The molecule has 1 aromatic carbocycles. The van der Waals surface area contributed by atoms with Gasteiger partial charge in [-0.3, -0.25) is 9.89 Å². The summed E-state index contributed by atoms with van der Waals surface area (Å²) < 4.78 is 0. The number of anilines is 1. The second-order valence-electron chi connectivity index (χ2n) is 3.61. The van der Waals surface area contributed by atoms with Crippen molar-refractivity contribution in [3.63, 3.8) is 0 Å². The number of nitrogens with zero attached hydrogens (tertiary/aromatic N) is 3. The molecule has 0 bridgehead atoms. The van der Waals surface area contributed by atoms with E-state index in [1.165, 1.54) is 0 Å². The lowest BCUT2D eigenvalue weighted by atomic mass is 10.0. The third kappa shape index (κ3) is 1.69. The summed E-state index contributed by atoms with van der Waals surface area (Å²) in [7, 11) is 0. The second kappa shape index (κ2) is 3.82. The van der Waals surface area contributed by atoms with Crippen molar-refractivity contribution in [1.82, 2.24) is 10.2 Å². The number of nitrogens with one attached hydrogen (secondary N) is 2. The predicted molar refractivity (Wildman–Crippen MR) is 60.6 cm³/mol. The molecule has 2 aromatic rings. The first-order valence-corrected chi connectivity index (χ1v) is 5.15. The number of hydrogen-bond donors (Lipinski definition) is 2. The number of aromatic amines is 1. The average molecular weight is 227 g/mol. The molecule has 2 heterocycles. The maximum atomic E-state index is 11.5. The molecule has 1 amide bonds. The fourth-order valence-corrected chi connectivity index (χ4v) is 1.74. The zero-order valence-electron chi connectivity index (χ0n) is 8.79. The molecule has 1 aliphatic rings. The lowest BCUT2D eigenvalue weighted by Crippen LogP contribution is -2.16. The van der Waals surface area contributed by atoms with E-state index in [2.05, 4.69) is 25.7 Å². The van der Waals surface area contributed by atoms with E-state index in [0.29, 0.717) is 11.4 Å². The first kappa shape index (κ1) is 9.71. The molecule has 2 N–H and O–H groups in total. The lowest BCUT2D eigenvalue weighted by Gasteiger charge is -2.18. The van der Waals surface area contributed by atoms with Gasteiger partial charge in [0, 0.05) is 11.8 Å². The maximum absolute atomic E-state index is 11.5. The third-order valence-corrected chi connectivity index (χ3v) is 2.54. The van der Waals surface area contributed by atoms with Crippen molar-refractivity contribution in [3.8, 4) is 0 Å². The number of carbonyl (C=O) groups excluding carboxylic acids is 1. The van der Waals surface area contributed by atoms with Crippen molar-refractivity contribution in [2.24, 2.45) is 10.2 Å². The maximum Gasteiger partial charge on any atom is 0.295 e. The van der Waals surface area contributed by atoms with Crippen LogP contribution in [-0.2, 0) is 0 Å². The first-order chi connectivity index (χ1) is 8.34. The van der Waals surface area contributed by atoms with Gasteiger partial charge in [0.2, 0.25) is 0 Å². The van der Waals surface area contributed by atoms with Gasteiger partial charge in [0.1, 0.15) is 5.82 Å². The molecule has 0 saturated carbocycles. The van der Waals surface area contributed by atoms with Crippen molar-refractivity contribution < 1.29 is 4.79 Å². The minimum Gasteiger partial charge on any atom is -0.342 e. The molecule has 0 fully saturated rings. The van der Waals surface area contributed by atoms with Crippen LogP contribution in [0.1, 0.15) is 22.1 Å². The van der Waals surface area contributed by atoms with Crippen LogP contribution < -0.4 is 5.32 Å². The number of H-pyrrole nitrogens is 1. The molecule has 1 unspecified atom stereocenters. The Morgan fingerprint density at radius 3 is 2.94 bits per heavy atom. The molecular weight excluding hydrogens is 218 g/mol. The quantitative estimate of drug-likeness (QED) is 0.824. The summed E-state index contributed by atoms with van der Waals surface area (Å²) in [5.74, 6) is 0.360. The largest absolute Gasteiger partial charge is 0.342 e. The molecule has 0 spiro atoms. The molecule has 1 atom stereocenters. The number of carbonyl (C=O) groups is 1. The van der Waals surface area contributed by atoms with Gasteiger partial charge in [0.15, 0.2) is 6.17 Å². The smallest absolute Gasteiger partial charge is 0.295 e. The Bertz CT molecular complexity index is 575. The van der Waals surface area contributed by atoms with Crippen molar-refractivity contribution >= 4 is 11.7 Å². The van der Waals surface area contributed by atoms with Crippen LogP contribution in [0.15, 0.2) is 46.8 Å². The molecule has 0 radical (unpaired) electrons. The van der Waals surface area contributed by atoms with Crippen molar-refractivity contribution in [3.05, 3.63) is 47.7 Å². The van der Waals surface area contributed by atoms with Gasteiger partial charge in [-0.25, -0.2) is 0 Å². The van der Waals surface area contributed by atoms with Gasteiger partial charge in [0.25, 0.3) is 5.91 Å². The Morgan fingerprint density at radius 1 is 1.24 bits per heavy atom. The van der Waals surface area contributed by atoms with E-state index < -0.39 is 0 Å². The Morgan fingerprint density at radius 2 is 2.12 bits per heavy atom. The number of azo groups is 1. The number of amides is 1. The predicted octanol–water partition coefficient (Wildman–Crippen LogP) is 2.13. The van der Waals surface area contributed by atoms with E-state index in [-0.39, 0.29) is 12.1 Å². The number of rotatable bonds is 2. The van der Waals surface area contributed by atoms with Gasteiger partial charge >= 0.3 is 0 Å². The highest BCUT2D eigenvalue weighted by atomic mass is 16.1. The molecule has 84 valence electrons. The molecule has 0 aliphatic carbocycles. The van der Waals surface area contributed by atoms with Crippen LogP contribution >= 0.6 is 0 Å². The van der Waals surface area contributed by atoms with Crippen LogP contribution in [0.4, 0.5) is 5.82 Å². The van der Waals surface area contributed by atoms with Gasteiger partial charge in [-0.15, -0.1) is 5.11 Å². The number of hydrogen-bond acceptors (Lipinski definition) is 4. The molecule has 1 aliphatic heterocycles. The summed E-state index contributed by atoms with van der Waals surface area (Å²) in [5, 5.41) is 17.3. The van der Waals surface area contributed by atoms with E-state index in [0.717, 1.165) is 5.56 Å². The highest BCUT2D eigenvalue weighted by Crippen LogP contribution is 2.27. The monoisotopic (exact) mass is 227 g/mol. The Labute approximate surface area is 96.8 Å². The molecule has 6 nitrogen and oxygen atoms in total. The van der Waals surface area contributed by atoms with Crippen LogP contribution in [0, 0.1) is 0 Å². The van der Waals surface area contributed by atoms with Gasteiger partial charge in [-0.2, -0.15) is 10.2 Å². The molecule has 17 heavy (non-hydrogen) atoms. The normalized spacial score (nSPS) is 17.9.